The lowest BCUT2D eigenvalue weighted by Crippen LogP contribution is -2.25. The zero-order valence-corrected chi connectivity index (χ0v) is 34.3. The molecule has 2 heterocycles. The fourth-order valence-corrected chi connectivity index (χ4v) is 14.4. The third kappa shape index (κ3) is 5.60. The molecule has 0 atom stereocenters. The number of aromatic nitrogens is 2. The topological polar surface area (TPSA) is 44.0 Å². The second kappa shape index (κ2) is 14.4. The van der Waals surface area contributed by atoms with Crippen LogP contribution in [-0.4, -0.2) is 9.13 Å². The van der Waals surface area contributed by atoms with E-state index >= 15 is 9.13 Å². The van der Waals surface area contributed by atoms with E-state index in [1.54, 1.807) is 0 Å². The Labute approximate surface area is 348 Å². The molecular formula is C54H38N2O2P2. The molecule has 286 valence electrons. The van der Waals surface area contributed by atoms with Gasteiger partial charge in [-0.3, -0.25) is 0 Å². The van der Waals surface area contributed by atoms with Gasteiger partial charge in [-0.2, -0.15) is 0 Å². The van der Waals surface area contributed by atoms with E-state index in [1.807, 2.05) is 146 Å². The van der Waals surface area contributed by atoms with Crippen LogP contribution in [0.3, 0.4) is 0 Å². The molecule has 11 aromatic rings. The summed E-state index contributed by atoms with van der Waals surface area (Å²) in [4.78, 5) is 0. The summed E-state index contributed by atoms with van der Waals surface area (Å²) in [5.74, 6) is 0. The first-order valence-electron chi connectivity index (χ1n) is 20.1. The van der Waals surface area contributed by atoms with Crippen molar-refractivity contribution in [2.24, 2.45) is 0 Å². The Balaban J connectivity index is 1.09. The molecule has 0 saturated carbocycles. The van der Waals surface area contributed by atoms with Gasteiger partial charge in [-0.25, -0.2) is 0 Å². The van der Waals surface area contributed by atoms with Crippen LogP contribution in [0.25, 0.3) is 55.0 Å². The third-order valence-corrected chi connectivity index (χ3v) is 18.0. The lowest BCUT2D eigenvalue weighted by molar-refractivity contribution is 0.591. The summed E-state index contributed by atoms with van der Waals surface area (Å²) in [6.07, 6.45) is 0. The van der Waals surface area contributed by atoms with E-state index in [-0.39, 0.29) is 0 Å². The predicted octanol–water partition coefficient (Wildman–Crippen LogP) is 11.2. The second-order valence-electron chi connectivity index (χ2n) is 15.2. The zero-order valence-electron chi connectivity index (χ0n) is 32.5. The van der Waals surface area contributed by atoms with E-state index in [9.17, 15) is 0 Å². The predicted molar refractivity (Wildman–Crippen MR) is 254 cm³/mol. The molecule has 0 fully saturated rings. The molecule has 0 radical (unpaired) electrons. The number of fused-ring (bicyclic) bond motifs is 6. The first-order chi connectivity index (χ1) is 29.5. The number of rotatable bonds is 8. The number of para-hydroxylation sites is 2. The first kappa shape index (κ1) is 36.1. The summed E-state index contributed by atoms with van der Waals surface area (Å²) in [7, 11) is -6.28. The normalized spacial score (nSPS) is 12.1. The van der Waals surface area contributed by atoms with Gasteiger partial charge in [-0.05, 0) is 72.8 Å². The molecular weight excluding hydrogens is 771 g/mol. The van der Waals surface area contributed by atoms with E-state index in [0.29, 0.717) is 0 Å². The minimum absolute atomic E-state index is 0.791. The minimum Gasteiger partial charge on any atom is -0.309 e. The van der Waals surface area contributed by atoms with Gasteiger partial charge in [0.05, 0.1) is 22.1 Å². The van der Waals surface area contributed by atoms with E-state index in [0.717, 1.165) is 86.8 Å². The van der Waals surface area contributed by atoms with Crippen molar-refractivity contribution < 1.29 is 9.13 Å². The van der Waals surface area contributed by atoms with Crippen LogP contribution >= 0.6 is 14.3 Å². The maximum absolute atomic E-state index is 15.2. The second-order valence-corrected chi connectivity index (χ2v) is 20.7. The monoisotopic (exact) mass is 808 g/mol. The van der Waals surface area contributed by atoms with Gasteiger partial charge in [0.25, 0.3) is 0 Å². The highest BCUT2D eigenvalue weighted by Crippen LogP contribution is 2.45. The highest BCUT2D eigenvalue weighted by molar-refractivity contribution is 7.85. The molecule has 0 saturated heterocycles. The van der Waals surface area contributed by atoms with Crippen molar-refractivity contribution in [1.82, 2.24) is 9.13 Å². The van der Waals surface area contributed by atoms with Crippen LogP contribution in [-0.2, 0) is 9.13 Å². The van der Waals surface area contributed by atoms with Gasteiger partial charge in [0.2, 0.25) is 0 Å². The van der Waals surface area contributed by atoms with Crippen LogP contribution < -0.4 is 31.8 Å². The van der Waals surface area contributed by atoms with Gasteiger partial charge in [-0.1, -0.05) is 158 Å². The van der Waals surface area contributed by atoms with Crippen LogP contribution in [0.4, 0.5) is 0 Å². The van der Waals surface area contributed by atoms with Crippen molar-refractivity contribution in [3.63, 3.8) is 0 Å². The molecule has 0 aliphatic carbocycles. The van der Waals surface area contributed by atoms with Gasteiger partial charge in [-0.15, -0.1) is 0 Å². The average Bonchev–Trinajstić information content (AvgIpc) is 3.83. The molecule has 0 amide bonds. The van der Waals surface area contributed by atoms with E-state index in [2.05, 4.69) is 94.1 Å². The quantitative estimate of drug-likeness (QED) is 0.144. The summed E-state index contributed by atoms with van der Waals surface area (Å²) in [6, 6.07) is 77.6. The molecule has 4 nitrogen and oxygen atoms in total. The number of benzene rings is 9. The average molecular weight is 809 g/mol. The molecule has 0 aliphatic rings. The fourth-order valence-electron chi connectivity index (χ4n) is 9.06. The summed E-state index contributed by atoms with van der Waals surface area (Å²) < 4.78 is 35.1. The van der Waals surface area contributed by atoms with E-state index in [1.165, 1.54) is 0 Å². The SMILES string of the molecule is O=P(c1ccccc1)(c1ccccc1)c1ccc(-n2c3ccccc3c3cc4c5ccccc5n(-c5ccc(P(=O)(c6ccccc6)c6ccccc6)cc5)c4cc32)cc1. The molecule has 9 aromatic carbocycles. The molecule has 60 heavy (non-hydrogen) atoms. The van der Waals surface area contributed by atoms with E-state index in [4.69, 9.17) is 0 Å². The third-order valence-electron chi connectivity index (χ3n) is 11.9. The summed E-state index contributed by atoms with van der Waals surface area (Å²) in [5.41, 5.74) is 6.32. The molecule has 0 unspecified atom stereocenters. The van der Waals surface area contributed by atoms with Gasteiger partial charge < -0.3 is 18.3 Å². The Kier molecular flexibility index (Phi) is 8.67. The molecule has 2 aromatic heterocycles. The Morgan fingerprint density at radius 2 is 0.533 bits per heavy atom. The molecule has 0 N–H and O–H groups in total. The maximum atomic E-state index is 15.2. The van der Waals surface area contributed by atoms with Gasteiger partial charge in [0.1, 0.15) is 0 Å². The van der Waals surface area contributed by atoms with Crippen molar-refractivity contribution in [3.05, 3.63) is 231 Å². The van der Waals surface area contributed by atoms with Crippen molar-refractivity contribution >= 4 is 89.7 Å². The van der Waals surface area contributed by atoms with Crippen LogP contribution in [0.1, 0.15) is 0 Å². The van der Waals surface area contributed by atoms with Crippen LogP contribution in [0.5, 0.6) is 0 Å². The van der Waals surface area contributed by atoms with Gasteiger partial charge in [0.15, 0.2) is 14.3 Å². The van der Waals surface area contributed by atoms with Crippen LogP contribution in [0, 0.1) is 0 Å². The standard InChI is InChI=1S/C54H38N2O2P2/c57-59(41-17-5-1-6-18-41,42-19-7-2-8-20-42)45-33-29-39(30-34-45)55-51-27-15-13-25-47(51)49-37-50-48-26-14-16-28-52(48)56(54(50)38-53(49)55)40-31-35-46(36-32-40)60(58,43-21-9-3-10-22-43)44-23-11-4-12-24-44/h1-38H. The molecule has 6 heteroatoms. The summed E-state index contributed by atoms with van der Waals surface area (Å²) >= 11 is 0. The Hall–Kier alpha value is -6.96. The minimum atomic E-state index is -3.14. The smallest absolute Gasteiger partial charge is 0.171 e. The van der Waals surface area contributed by atoms with Crippen molar-refractivity contribution in [2.45, 2.75) is 0 Å². The van der Waals surface area contributed by atoms with Gasteiger partial charge >= 0.3 is 0 Å². The lowest BCUT2D eigenvalue weighted by Gasteiger charge is -2.20. The summed E-state index contributed by atoms with van der Waals surface area (Å²) in [6.45, 7) is 0. The maximum Gasteiger partial charge on any atom is 0.171 e. The largest absolute Gasteiger partial charge is 0.309 e. The molecule has 0 aliphatic heterocycles. The van der Waals surface area contributed by atoms with E-state index < -0.39 is 14.3 Å². The van der Waals surface area contributed by atoms with Crippen LogP contribution in [0.2, 0.25) is 0 Å². The van der Waals surface area contributed by atoms with Crippen LogP contribution in [0.15, 0.2) is 231 Å². The van der Waals surface area contributed by atoms with Crippen molar-refractivity contribution in [3.8, 4) is 11.4 Å². The molecule has 11 rings (SSSR count). The van der Waals surface area contributed by atoms with Crippen molar-refractivity contribution in [1.29, 1.82) is 0 Å². The Morgan fingerprint density at radius 1 is 0.250 bits per heavy atom. The Bertz CT molecular complexity index is 3130. The molecule has 0 spiro atoms. The van der Waals surface area contributed by atoms with Gasteiger partial charge in [0, 0.05) is 64.7 Å². The fraction of sp³-hybridized carbons (Fsp3) is 0. The number of hydrogen-bond acceptors (Lipinski definition) is 2. The highest BCUT2D eigenvalue weighted by atomic mass is 31.2. The Morgan fingerprint density at radius 3 is 0.867 bits per heavy atom. The number of nitrogens with zero attached hydrogens (tertiary/aromatic N) is 2. The molecule has 0 bridgehead atoms. The highest BCUT2D eigenvalue weighted by Gasteiger charge is 2.31. The number of hydrogen-bond donors (Lipinski definition) is 0. The first-order valence-corrected chi connectivity index (χ1v) is 23.6. The zero-order chi connectivity index (χ0) is 40.3. The lowest BCUT2D eigenvalue weighted by atomic mass is 10.1. The summed E-state index contributed by atoms with van der Waals surface area (Å²) in [5, 5.41) is 9.47. The van der Waals surface area contributed by atoms with Crippen molar-refractivity contribution in [2.75, 3.05) is 0 Å².